The molecule has 0 unspecified atom stereocenters. The van der Waals surface area contributed by atoms with Gasteiger partial charge in [0, 0.05) is 23.5 Å². The number of rotatable bonds is 4. The number of carbonyl (C=O) groups is 1. The molecule has 1 amide bonds. The smallest absolute Gasteiger partial charge is 0.416 e. The molecule has 27 heavy (non-hydrogen) atoms. The van der Waals surface area contributed by atoms with E-state index < -0.39 is 17.8 Å². The first-order valence-electron chi connectivity index (χ1n) is 8.15. The van der Waals surface area contributed by atoms with E-state index in [0.29, 0.717) is 11.3 Å². The van der Waals surface area contributed by atoms with Crippen molar-refractivity contribution in [1.82, 2.24) is 19.4 Å². The van der Waals surface area contributed by atoms with Gasteiger partial charge in [0.1, 0.15) is 12.6 Å². The van der Waals surface area contributed by atoms with Crippen LogP contribution in [0.4, 0.5) is 13.2 Å². The van der Waals surface area contributed by atoms with Crippen LogP contribution in [-0.2, 0) is 17.5 Å². The van der Waals surface area contributed by atoms with E-state index in [-0.39, 0.29) is 37.0 Å². The van der Waals surface area contributed by atoms with Crippen molar-refractivity contribution in [3.63, 3.8) is 0 Å². The topological polar surface area (TPSA) is 77.3 Å². The molecular weight excluding hydrogens is 365 g/mol. The highest BCUT2D eigenvalue weighted by Gasteiger charge is 2.34. The molecule has 3 rings (SSSR count). The van der Waals surface area contributed by atoms with Crippen molar-refractivity contribution in [2.24, 2.45) is 0 Å². The molecule has 2 aromatic rings. The van der Waals surface area contributed by atoms with E-state index in [1.807, 2.05) is 0 Å². The molecule has 1 fully saturated rings. The zero-order valence-electron chi connectivity index (χ0n) is 14.7. The highest BCUT2D eigenvalue weighted by Crippen LogP contribution is 2.30. The number of alkyl halides is 3. The van der Waals surface area contributed by atoms with Gasteiger partial charge in [-0.15, -0.1) is 0 Å². The minimum absolute atomic E-state index is 0.142. The minimum Gasteiger partial charge on any atom is -0.471 e. The summed E-state index contributed by atoms with van der Waals surface area (Å²) < 4.78 is 44.7. The number of pyridine rings is 1. The zero-order chi connectivity index (χ0) is 19.8. The van der Waals surface area contributed by atoms with Gasteiger partial charge in [-0.3, -0.25) is 14.2 Å². The van der Waals surface area contributed by atoms with Gasteiger partial charge in [0.25, 0.3) is 5.56 Å². The van der Waals surface area contributed by atoms with Crippen molar-refractivity contribution in [2.75, 3.05) is 13.1 Å². The fraction of sp³-hybridized carbons (Fsp3) is 0.412. The molecule has 1 saturated heterocycles. The lowest BCUT2D eigenvalue weighted by atomic mass is 10.1. The number of hydrogen-bond donors (Lipinski definition) is 0. The molecule has 0 spiro atoms. The van der Waals surface area contributed by atoms with E-state index in [9.17, 15) is 22.8 Å². The number of halogens is 3. The van der Waals surface area contributed by atoms with Crippen LogP contribution in [0.3, 0.4) is 0 Å². The van der Waals surface area contributed by atoms with Crippen molar-refractivity contribution in [3.8, 4) is 5.88 Å². The van der Waals surface area contributed by atoms with Crippen LogP contribution in [0.1, 0.15) is 16.8 Å². The van der Waals surface area contributed by atoms with E-state index in [1.165, 1.54) is 15.8 Å². The van der Waals surface area contributed by atoms with E-state index in [2.05, 4.69) is 9.97 Å². The SMILES string of the molecule is Cc1ncn(CC(=O)N2CC(Oc3cc(C(F)(F)F)ccn3)C2)c(=O)c1C. The van der Waals surface area contributed by atoms with Gasteiger partial charge in [0.15, 0.2) is 0 Å². The Morgan fingerprint density at radius 3 is 2.67 bits per heavy atom. The molecule has 144 valence electrons. The highest BCUT2D eigenvalue weighted by molar-refractivity contribution is 5.77. The molecule has 1 aliphatic heterocycles. The maximum absolute atomic E-state index is 12.7. The Hall–Kier alpha value is -2.91. The van der Waals surface area contributed by atoms with Gasteiger partial charge in [0.2, 0.25) is 11.8 Å². The van der Waals surface area contributed by atoms with Crippen LogP contribution in [0, 0.1) is 13.8 Å². The Morgan fingerprint density at radius 2 is 2.00 bits per heavy atom. The summed E-state index contributed by atoms with van der Waals surface area (Å²) in [5, 5.41) is 0. The van der Waals surface area contributed by atoms with Crippen molar-refractivity contribution in [3.05, 3.63) is 51.8 Å². The lowest BCUT2D eigenvalue weighted by Gasteiger charge is -2.38. The summed E-state index contributed by atoms with van der Waals surface area (Å²) in [5.74, 6) is -0.435. The Morgan fingerprint density at radius 1 is 1.30 bits per heavy atom. The molecule has 0 aromatic carbocycles. The summed E-state index contributed by atoms with van der Waals surface area (Å²) in [6, 6.07) is 1.68. The van der Waals surface area contributed by atoms with Gasteiger partial charge in [0.05, 0.1) is 25.0 Å². The number of aryl methyl sites for hydroxylation is 1. The summed E-state index contributed by atoms with van der Waals surface area (Å²) in [4.78, 5) is 33.6. The zero-order valence-corrected chi connectivity index (χ0v) is 14.7. The fourth-order valence-electron chi connectivity index (χ4n) is 2.57. The third kappa shape index (κ3) is 4.09. The second-order valence-corrected chi connectivity index (χ2v) is 6.31. The molecule has 0 radical (unpaired) electrons. The highest BCUT2D eigenvalue weighted by atomic mass is 19.4. The van der Waals surface area contributed by atoms with Gasteiger partial charge in [-0.25, -0.2) is 9.97 Å². The molecule has 0 saturated carbocycles. The number of hydrogen-bond acceptors (Lipinski definition) is 5. The third-order valence-electron chi connectivity index (χ3n) is 4.37. The second-order valence-electron chi connectivity index (χ2n) is 6.31. The van der Waals surface area contributed by atoms with E-state index in [1.54, 1.807) is 13.8 Å². The summed E-state index contributed by atoms with van der Waals surface area (Å²) in [7, 11) is 0. The molecule has 10 heteroatoms. The minimum atomic E-state index is -4.48. The summed E-state index contributed by atoms with van der Waals surface area (Å²) in [5.41, 5.74) is -0.0425. The van der Waals surface area contributed by atoms with Crippen molar-refractivity contribution >= 4 is 5.91 Å². The summed E-state index contributed by atoms with van der Waals surface area (Å²) >= 11 is 0. The maximum Gasteiger partial charge on any atom is 0.416 e. The predicted molar refractivity (Wildman–Crippen MR) is 88.2 cm³/mol. The number of likely N-dealkylation sites (tertiary alicyclic amines) is 1. The van der Waals surface area contributed by atoms with Crippen LogP contribution in [0.2, 0.25) is 0 Å². The lowest BCUT2D eigenvalue weighted by Crippen LogP contribution is -2.57. The van der Waals surface area contributed by atoms with Crippen molar-refractivity contribution in [2.45, 2.75) is 32.7 Å². The number of nitrogens with zero attached hydrogens (tertiary/aromatic N) is 4. The van der Waals surface area contributed by atoms with Crippen LogP contribution in [0.25, 0.3) is 0 Å². The molecule has 0 atom stereocenters. The van der Waals surface area contributed by atoms with Crippen molar-refractivity contribution in [1.29, 1.82) is 0 Å². The van der Waals surface area contributed by atoms with Gasteiger partial charge < -0.3 is 9.64 Å². The number of aromatic nitrogens is 3. The molecule has 7 nitrogen and oxygen atoms in total. The standard InChI is InChI=1S/C17H17F3N4O3/c1-10-11(2)22-9-24(16(10)26)8-15(25)23-6-13(7-23)27-14-5-12(3-4-21-14)17(18,19)20/h3-5,9,13H,6-8H2,1-2H3. The molecule has 0 aliphatic carbocycles. The van der Waals surface area contributed by atoms with Crippen LogP contribution >= 0.6 is 0 Å². The maximum atomic E-state index is 12.7. The van der Waals surface area contributed by atoms with E-state index >= 15 is 0 Å². The molecule has 3 heterocycles. The number of carbonyl (C=O) groups excluding carboxylic acids is 1. The average Bonchev–Trinajstić information content (AvgIpc) is 2.57. The first-order chi connectivity index (χ1) is 12.6. The number of ether oxygens (including phenoxy) is 1. The largest absolute Gasteiger partial charge is 0.471 e. The number of amides is 1. The molecule has 0 bridgehead atoms. The third-order valence-corrected chi connectivity index (χ3v) is 4.37. The van der Waals surface area contributed by atoms with Crippen molar-refractivity contribution < 1.29 is 22.7 Å². The molecule has 2 aromatic heterocycles. The fourth-order valence-corrected chi connectivity index (χ4v) is 2.57. The molecule has 1 aliphatic rings. The van der Waals surface area contributed by atoms with Crippen LogP contribution in [0.15, 0.2) is 29.5 Å². The average molecular weight is 382 g/mol. The Kier molecular flexibility index (Phi) is 4.90. The van der Waals surface area contributed by atoms with E-state index in [4.69, 9.17) is 4.74 Å². The van der Waals surface area contributed by atoms with Crippen LogP contribution < -0.4 is 10.3 Å². The molecular formula is C17H17F3N4O3. The van der Waals surface area contributed by atoms with Crippen LogP contribution in [0.5, 0.6) is 5.88 Å². The monoisotopic (exact) mass is 382 g/mol. The Labute approximate surface area is 152 Å². The lowest BCUT2D eigenvalue weighted by molar-refractivity contribution is -0.140. The predicted octanol–water partition coefficient (Wildman–Crippen LogP) is 1.56. The Bertz CT molecular complexity index is 920. The molecule has 0 N–H and O–H groups in total. The second kappa shape index (κ2) is 7.01. The van der Waals surface area contributed by atoms with Gasteiger partial charge in [-0.2, -0.15) is 13.2 Å². The summed E-state index contributed by atoms with van der Waals surface area (Å²) in [6.45, 7) is 3.62. The first-order valence-corrected chi connectivity index (χ1v) is 8.15. The van der Waals surface area contributed by atoms with Crippen LogP contribution in [-0.4, -0.2) is 44.5 Å². The van der Waals surface area contributed by atoms with E-state index in [0.717, 1.165) is 18.3 Å². The Balaban J connectivity index is 1.56. The first kappa shape index (κ1) is 18.9. The summed E-state index contributed by atoms with van der Waals surface area (Å²) in [6.07, 6.45) is -2.57. The van der Waals surface area contributed by atoms with Gasteiger partial charge >= 0.3 is 6.18 Å². The van der Waals surface area contributed by atoms with Gasteiger partial charge in [-0.05, 0) is 19.9 Å². The quantitative estimate of drug-likeness (QED) is 0.802. The van der Waals surface area contributed by atoms with Gasteiger partial charge in [-0.1, -0.05) is 0 Å². The normalized spacial score (nSPS) is 14.8.